The average Bonchev–Trinajstić information content (AvgIpc) is 2.82. The zero-order chi connectivity index (χ0) is 15.7. The first-order valence-corrected chi connectivity index (χ1v) is 7.26. The Balaban J connectivity index is 1.86. The lowest BCUT2D eigenvalue weighted by molar-refractivity contribution is 0.132. The third kappa shape index (κ3) is 2.66. The molecular weight excluding hydrogens is 282 g/mol. The highest BCUT2D eigenvalue weighted by Crippen LogP contribution is 2.32. The second-order valence-corrected chi connectivity index (χ2v) is 5.47. The molecule has 2 aromatic carbocycles. The van der Waals surface area contributed by atoms with Gasteiger partial charge in [-0.25, -0.2) is 4.79 Å². The van der Waals surface area contributed by atoms with Gasteiger partial charge in [0.1, 0.15) is 30.3 Å². The van der Waals surface area contributed by atoms with E-state index in [1.807, 2.05) is 38.1 Å². The van der Waals surface area contributed by atoms with Crippen molar-refractivity contribution in [3.8, 4) is 11.5 Å². The third-order valence-electron chi connectivity index (χ3n) is 3.94. The molecule has 2 unspecified atom stereocenters. The predicted octanol–water partition coefficient (Wildman–Crippen LogP) is 3.03. The lowest BCUT2D eigenvalue weighted by atomic mass is 10.1. The summed E-state index contributed by atoms with van der Waals surface area (Å²) in [7, 11) is 1.66. The summed E-state index contributed by atoms with van der Waals surface area (Å²) in [5, 5.41) is 4.82. The molecule has 2 atom stereocenters. The smallest absolute Gasteiger partial charge is 0.407 e. The summed E-state index contributed by atoms with van der Waals surface area (Å²) < 4.78 is 16.3. The van der Waals surface area contributed by atoms with Crippen LogP contribution in [-0.2, 0) is 4.74 Å². The third-order valence-corrected chi connectivity index (χ3v) is 3.94. The molecule has 0 radical (unpaired) electrons. The van der Waals surface area contributed by atoms with Crippen LogP contribution in [0.25, 0.3) is 10.8 Å². The molecule has 1 aliphatic rings. The van der Waals surface area contributed by atoms with Crippen molar-refractivity contribution in [1.82, 2.24) is 5.32 Å². The van der Waals surface area contributed by atoms with E-state index in [2.05, 4.69) is 11.4 Å². The van der Waals surface area contributed by atoms with Crippen LogP contribution in [-0.4, -0.2) is 32.0 Å². The molecule has 1 saturated heterocycles. The Morgan fingerprint density at radius 1 is 1.27 bits per heavy atom. The summed E-state index contributed by atoms with van der Waals surface area (Å²) in [6.07, 6.45) is -0.587. The molecule has 0 aromatic heterocycles. The van der Waals surface area contributed by atoms with Crippen LogP contribution in [0.5, 0.6) is 11.5 Å². The first-order valence-electron chi connectivity index (χ1n) is 7.26. The quantitative estimate of drug-likeness (QED) is 0.943. The lowest BCUT2D eigenvalue weighted by Gasteiger charge is -2.16. The molecule has 1 fully saturated rings. The predicted molar refractivity (Wildman–Crippen MR) is 83.6 cm³/mol. The molecule has 0 spiro atoms. The van der Waals surface area contributed by atoms with Gasteiger partial charge in [-0.15, -0.1) is 0 Å². The summed E-state index contributed by atoms with van der Waals surface area (Å²) in [5.74, 6) is 1.60. The average molecular weight is 301 g/mol. The molecule has 1 amide bonds. The maximum atomic E-state index is 11.2. The minimum Gasteiger partial charge on any atom is -0.496 e. The van der Waals surface area contributed by atoms with E-state index < -0.39 is 6.09 Å². The molecule has 0 saturated carbocycles. The number of benzene rings is 2. The Hall–Kier alpha value is -2.43. The van der Waals surface area contributed by atoms with E-state index >= 15 is 0 Å². The van der Waals surface area contributed by atoms with Gasteiger partial charge in [-0.3, -0.25) is 0 Å². The van der Waals surface area contributed by atoms with Crippen LogP contribution in [0.15, 0.2) is 30.3 Å². The molecule has 0 aliphatic carbocycles. The fraction of sp³-hybridized carbons (Fsp3) is 0.353. The number of ether oxygens (including phenoxy) is 3. The van der Waals surface area contributed by atoms with Crippen LogP contribution >= 0.6 is 0 Å². The molecule has 1 N–H and O–H groups in total. The van der Waals surface area contributed by atoms with Crippen molar-refractivity contribution >= 4 is 16.9 Å². The van der Waals surface area contributed by atoms with Gasteiger partial charge in [-0.05, 0) is 43.0 Å². The van der Waals surface area contributed by atoms with Crippen molar-refractivity contribution in [3.05, 3.63) is 35.9 Å². The number of hydrogen-bond acceptors (Lipinski definition) is 4. The second-order valence-electron chi connectivity index (χ2n) is 5.47. The molecule has 2 aromatic rings. The topological polar surface area (TPSA) is 56.8 Å². The Bertz CT molecular complexity index is 713. The summed E-state index contributed by atoms with van der Waals surface area (Å²) in [6, 6.07) is 9.82. The van der Waals surface area contributed by atoms with E-state index in [9.17, 15) is 4.79 Å². The highest BCUT2D eigenvalue weighted by atomic mass is 16.6. The Morgan fingerprint density at radius 3 is 2.77 bits per heavy atom. The highest BCUT2D eigenvalue weighted by Gasteiger charge is 2.30. The fourth-order valence-electron chi connectivity index (χ4n) is 2.65. The molecule has 3 rings (SSSR count). The Morgan fingerprint density at radius 2 is 2.09 bits per heavy atom. The molecule has 5 nitrogen and oxygen atoms in total. The number of alkyl carbamates (subject to hydrolysis) is 1. The first-order chi connectivity index (χ1) is 10.6. The van der Waals surface area contributed by atoms with Crippen molar-refractivity contribution in [2.24, 2.45) is 0 Å². The van der Waals surface area contributed by atoms with Gasteiger partial charge in [0.15, 0.2) is 0 Å². The molecule has 22 heavy (non-hydrogen) atoms. The second kappa shape index (κ2) is 5.75. The standard InChI is InChI=1S/C17H19NO4/c1-10-7-12-5-4-6-15(13(12)8-16(10)20-3)21-9-14-11(2)22-17(19)18-14/h4-8,11,14H,9H2,1-3H3,(H,18,19). The van der Waals surface area contributed by atoms with Gasteiger partial charge in [0, 0.05) is 5.39 Å². The van der Waals surface area contributed by atoms with Gasteiger partial charge in [-0.2, -0.15) is 0 Å². The van der Waals surface area contributed by atoms with Gasteiger partial charge in [0.05, 0.1) is 7.11 Å². The van der Waals surface area contributed by atoms with Crippen LogP contribution in [0, 0.1) is 6.92 Å². The van der Waals surface area contributed by atoms with Gasteiger partial charge >= 0.3 is 6.09 Å². The van der Waals surface area contributed by atoms with Gasteiger partial charge in [0.2, 0.25) is 0 Å². The van der Waals surface area contributed by atoms with Crippen molar-refractivity contribution in [2.75, 3.05) is 13.7 Å². The van der Waals surface area contributed by atoms with Crippen LogP contribution < -0.4 is 14.8 Å². The summed E-state index contributed by atoms with van der Waals surface area (Å²) in [6.45, 7) is 4.22. The van der Waals surface area contributed by atoms with Crippen LogP contribution in [0.1, 0.15) is 12.5 Å². The Labute approximate surface area is 129 Å². The van der Waals surface area contributed by atoms with Crippen LogP contribution in [0.4, 0.5) is 4.79 Å². The van der Waals surface area contributed by atoms with Crippen molar-refractivity contribution in [1.29, 1.82) is 0 Å². The summed E-state index contributed by atoms with van der Waals surface area (Å²) >= 11 is 0. The summed E-state index contributed by atoms with van der Waals surface area (Å²) in [5.41, 5.74) is 1.08. The van der Waals surface area contributed by atoms with E-state index in [-0.39, 0.29) is 12.1 Å². The number of carbonyl (C=O) groups excluding carboxylic acids is 1. The number of methoxy groups -OCH3 is 1. The monoisotopic (exact) mass is 301 g/mol. The number of rotatable bonds is 4. The molecule has 0 bridgehead atoms. The number of carbonyl (C=O) groups is 1. The number of aryl methyl sites for hydroxylation is 1. The normalized spacial score (nSPS) is 20.6. The minimum atomic E-state index is -0.392. The number of amides is 1. The SMILES string of the molecule is COc1cc2c(OCC3NC(=O)OC3C)cccc2cc1C. The Kier molecular flexibility index (Phi) is 3.79. The molecule has 1 heterocycles. The number of nitrogens with one attached hydrogen (secondary N) is 1. The van der Waals surface area contributed by atoms with Crippen LogP contribution in [0.3, 0.4) is 0 Å². The van der Waals surface area contributed by atoms with E-state index in [4.69, 9.17) is 14.2 Å². The molecule has 1 aliphatic heterocycles. The fourth-order valence-corrected chi connectivity index (χ4v) is 2.65. The van der Waals surface area contributed by atoms with Gasteiger partial charge in [-0.1, -0.05) is 12.1 Å². The number of cyclic esters (lactones) is 1. The summed E-state index contributed by atoms with van der Waals surface area (Å²) in [4.78, 5) is 11.2. The maximum absolute atomic E-state index is 11.2. The van der Waals surface area contributed by atoms with E-state index in [1.165, 1.54) is 0 Å². The van der Waals surface area contributed by atoms with Crippen molar-refractivity contribution in [3.63, 3.8) is 0 Å². The largest absolute Gasteiger partial charge is 0.496 e. The first kappa shape index (κ1) is 14.5. The zero-order valence-electron chi connectivity index (χ0n) is 12.9. The van der Waals surface area contributed by atoms with Crippen molar-refractivity contribution < 1.29 is 19.0 Å². The highest BCUT2D eigenvalue weighted by molar-refractivity contribution is 5.90. The minimum absolute atomic E-state index is 0.143. The number of fused-ring (bicyclic) bond motifs is 1. The van der Waals surface area contributed by atoms with Gasteiger partial charge in [0.25, 0.3) is 0 Å². The lowest BCUT2D eigenvalue weighted by Crippen LogP contribution is -2.35. The number of hydrogen-bond donors (Lipinski definition) is 1. The maximum Gasteiger partial charge on any atom is 0.407 e. The van der Waals surface area contributed by atoms with E-state index in [0.29, 0.717) is 6.61 Å². The molecule has 5 heteroatoms. The van der Waals surface area contributed by atoms with E-state index in [1.54, 1.807) is 7.11 Å². The zero-order valence-corrected chi connectivity index (χ0v) is 12.9. The van der Waals surface area contributed by atoms with E-state index in [0.717, 1.165) is 27.8 Å². The molecule has 116 valence electrons. The molecular formula is C17H19NO4. The van der Waals surface area contributed by atoms with Crippen molar-refractivity contribution in [2.45, 2.75) is 26.0 Å². The van der Waals surface area contributed by atoms with Gasteiger partial charge < -0.3 is 19.5 Å². The van der Waals surface area contributed by atoms with Crippen LogP contribution in [0.2, 0.25) is 0 Å².